The number of nitrogens with zero attached hydrogens (tertiary/aromatic N) is 1. The molecule has 1 heterocycles. The fraction of sp³-hybridized carbons (Fsp3) is 0.667. The fourth-order valence-corrected chi connectivity index (χ4v) is 2.01. The zero-order chi connectivity index (χ0) is 14.2. The highest BCUT2D eigenvalue weighted by molar-refractivity contribution is 6.35. The first-order valence-electron chi connectivity index (χ1n) is 6.37. The highest BCUT2D eigenvalue weighted by atomic mass is 16.2. The standard InChI is InChI=1S/C12H17N3O4/c1-6(2)15-9(16)5-8(12(15)19)14-11(18)10(17)13-7-3-4-7/h6-8H,3-5H2,1-2H3,(H,13,17)(H,14,18). The van der Waals surface area contributed by atoms with Crippen LogP contribution in [-0.4, -0.2) is 46.7 Å². The summed E-state index contributed by atoms with van der Waals surface area (Å²) in [5, 5.41) is 4.84. The molecule has 0 aromatic rings. The maximum atomic E-state index is 11.9. The summed E-state index contributed by atoms with van der Waals surface area (Å²) in [4.78, 5) is 47.7. The average Bonchev–Trinajstić information content (AvgIpc) is 3.06. The lowest BCUT2D eigenvalue weighted by molar-refractivity contribution is -0.143. The minimum atomic E-state index is -0.924. The van der Waals surface area contributed by atoms with Crippen LogP contribution in [-0.2, 0) is 19.2 Å². The molecule has 2 fully saturated rings. The first kappa shape index (κ1) is 13.5. The number of likely N-dealkylation sites (tertiary alicyclic amines) is 1. The van der Waals surface area contributed by atoms with Gasteiger partial charge in [0.25, 0.3) is 5.91 Å². The second-order valence-electron chi connectivity index (χ2n) is 5.17. The van der Waals surface area contributed by atoms with Crippen LogP contribution < -0.4 is 10.6 Å². The van der Waals surface area contributed by atoms with Gasteiger partial charge in [-0.05, 0) is 26.7 Å². The SMILES string of the molecule is CC(C)N1C(=O)CC(NC(=O)C(=O)NC2CC2)C1=O. The molecule has 2 N–H and O–H groups in total. The van der Waals surface area contributed by atoms with Crippen LogP contribution in [0.3, 0.4) is 0 Å². The number of amides is 4. The Kier molecular flexibility index (Phi) is 3.55. The van der Waals surface area contributed by atoms with Gasteiger partial charge in [0, 0.05) is 12.1 Å². The Balaban J connectivity index is 1.92. The molecular formula is C12H17N3O4. The Morgan fingerprint density at radius 2 is 1.74 bits per heavy atom. The third kappa shape index (κ3) is 2.91. The van der Waals surface area contributed by atoms with Crippen molar-refractivity contribution < 1.29 is 19.2 Å². The third-order valence-electron chi connectivity index (χ3n) is 3.12. The molecule has 104 valence electrons. The molecule has 7 nitrogen and oxygen atoms in total. The van der Waals surface area contributed by atoms with Crippen LogP contribution in [0.2, 0.25) is 0 Å². The van der Waals surface area contributed by atoms with Crippen molar-refractivity contribution >= 4 is 23.6 Å². The van der Waals surface area contributed by atoms with E-state index in [0.29, 0.717) is 0 Å². The molecule has 1 unspecified atom stereocenters. The number of imide groups is 1. The first-order chi connectivity index (χ1) is 8.90. The molecule has 2 aliphatic rings. The van der Waals surface area contributed by atoms with Crippen LogP contribution in [0.1, 0.15) is 33.1 Å². The van der Waals surface area contributed by atoms with E-state index < -0.39 is 23.8 Å². The van der Waals surface area contributed by atoms with E-state index in [2.05, 4.69) is 10.6 Å². The van der Waals surface area contributed by atoms with E-state index in [4.69, 9.17) is 0 Å². The van der Waals surface area contributed by atoms with Gasteiger partial charge in [0.2, 0.25) is 5.91 Å². The van der Waals surface area contributed by atoms with Crippen LogP contribution in [0.25, 0.3) is 0 Å². The van der Waals surface area contributed by atoms with E-state index in [1.54, 1.807) is 13.8 Å². The summed E-state index contributed by atoms with van der Waals surface area (Å²) in [5.74, 6) is -2.38. The predicted molar refractivity (Wildman–Crippen MR) is 64.7 cm³/mol. The Morgan fingerprint density at radius 3 is 2.21 bits per heavy atom. The van der Waals surface area contributed by atoms with Crippen LogP contribution in [0.5, 0.6) is 0 Å². The Bertz CT molecular complexity index is 442. The largest absolute Gasteiger partial charge is 0.345 e. The Hall–Kier alpha value is -1.92. The van der Waals surface area contributed by atoms with Crippen molar-refractivity contribution in [3.63, 3.8) is 0 Å². The van der Waals surface area contributed by atoms with Gasteiger partial charge in [-0.2, -0.15) is 0 Å². The van der Waals surface area contributed by atoms with Gasteiger partial charge in [0.15, 0.2) is 0 Å². The summed E-state index contributed by atoms with van der Waals surface area (Å²) in [6.45, 7) is 3.44. The number of carbonyl (C=O) groups is 4. The Morgan fingerprint density at radius 1 is 1.16 bits per heavy atom. The van der Waals surface area contributed by atoms with E-state index in [1.165, 1.54) is 0 Å². The fourth-order valence-electron chi connectivity index (χ4n) is 2.01. The van der Waals surface area contributed by atoms with Crippen LogP contribution in [0.4, 0.5) is 0 Å². The lowest BCUT2D eigenvalue weighted by Crippen LogP contribution is -2.48. The summed E-state index contributed by atoms with van der Waals surface area (Å²) in [6, 6.07) is -1.10. The maximum Gasteiger partial charge on any atom is 0.309 e. The molecule has 2 rings (SSSR count). The molecule has 19 heavy (non-hydrogen) atoms. The zero-order valence-electron chi connectivity index (χ0n) is 10.9. The second kappa shape index (κ2) is 4.99. The highest BCUT2D eigenvalue weighted by Crippen LogP contribution is 2.18. The average molecular weight is 267 g/mol. The second-order valence-corrected chi connectivity index (χ2v) is 5.17. The van der Waals surface area contributed by atoms with Crippen molar-refractivity contribution in [2.75, 3.05) is 0 Å². The van der Waals surface area contributed by atoms with E-state index in [1.807, 2.05) is 0 Å². The molecule has 0 spiro atoms. The van der Waals surface area contributed by atoms with Crippen molar-refractivity contribution in [1.29, 1.82) is 0 Å². The highest BCUT2D eigenvalue weighted by Gasteiger charge is 2.41. The molecule has 1 aliphatic carbocycles. The van der Waals surface area contributed by atoms with Crippen molar-refractivity contribution in [1.82, 2.24) is 15.5 Å². The van der Waals surface area contributed by atoms with Gasteiger partial charge in [0.1, 0.15) is 6.04 Å². The summed E-state index contributed by atoms with van der Waals surface area (Å²) in [7, 11) is 0. The van der Waals surface area contributed by atoms with E-state index >= 15 is 0 Å². The van der Waals surface area contributed by atoms with E-state index in [0.717, 1.165) is 17.7 Å². The number of carbonyl (C=O) groups excluding carboxylic acids is 4. The minimum Gasteiger partial charge on any atom is -0.345 e. The zero-order valence-corrected chi connectivity index (χ0v) is 10.9. The van der Waals surface area contributed by atoms with Crippen LogP contribution in [0.15, 0.2) is 0 Å². The van der Waals surface area contributed by atoms with Gasteiger partial charge in [-0.3, -0.25) is 24.1 Å². The van der Waals surface area contributed by atoms with Gasteiger partial charge in [-0.25, -0.2) is 0 Å². The summed E-state index contributed by atoms with van der Waals surface area (Å²) in [6.07, 6.45) is 1.67. The minimum absolute atomic E-state index is 0.0753. The predicted octanol–water partition coefficient (Wildman–Crippen LogP) is -1.08. The molecule has 0 aromatic heterocycles. The molecule has 7 heteroatoms. The molecule has 0 radical (unpaired) electrons. The molecule has 1 atom stereocenters. The van der Waals surface area contributed by atoms with Gasteiger partial charge in [-0.1, -0.05) is 0 Å². The molecular weight excluding hydrogens is 250 g/mol. The number of hydrogen-bond acceptors (Lipinski definition) is 4. The van der Waals surface area contributed by atoms with Crippen molar-refractivity contribution in [2.24, 2.45) is 0 Å². The van der Waals surface area contributed by atoms with Crippen LogP contribution in [0, 0.1) is 0 Å². The van der Waals surface area contributed by atoms with E-state index in [9.17, 15) is 19.2 Å². The van der Waals surface area contributed by atoms with Crippen molar-refractivity contribution in [2.45, 2.75) is 51.2 Å². The molecule has 1 saturated carbocycles. The molecule has 1 aliphatic heterocycles. The molecule has 4 amide bonds. The first-order valence-corrected chi connectivity index (χ1v) is 6.37. The monoisotopic (exact) mass is 267 g/mol. The number of nitrogens with one attached hydrogen (secondary N) is 2. The van der Waals surface area contributed by atoms with E-state index in [-0.39, 0.29) is 24.4 Å². The van der Waals surface area contributed by atoms with Gasteiger partial charge < -0.3 is 10.6 Å². The molecule has 0 aromatic carbocycles. The smallest absolute Gasteiger partial charge is 0.309 e. The lowest BCUT2D eigenvalue weighted by atomic mass is 10.2. The molecule has 0 bridgehead atoms. The van der Waals surface area contributed by atoms with Gasteiger partial charge >= 0.3 is 11.8 Å². The maximum absolute atomic E-state index is 11.9. The number of hydrogen-bond donors (Lipinski definition) is 2. The van der Waals surface area contributed by atoms with Crippen molar-refractivity contribution in [3.05, 3.63) is 0 Å². The molecule has 1 saturated heterocycles. The lowest BCUT2D eigenvalue weighted by Gasteiger charge is -2.19. The summed E-state index contributed by atoms with van der Waals surface area (Å²) in [5.41, 5.74) is 0. The third-order valence-corrected chi connectivity index (χ3v) is 3.12. The quantitative estimate of drug-likeness (QED) is 0.502. The number of rotatable bonds is 3. The Labute approximate surface area is 110 Å². The topological polar surface area (TPSA) is 95.6 Å². The summed E-state index contributed by atoms with van der Waals surface area (Å²) >= 11 is 0. The van der Waals surface area contributed by atoms with Gasteiger partial charge in [0.05, 0.1) is 6.42 Å². The normalized spacial score (nSPS) is 22.9. The van der Waals surface area contributed by atoms with Crippen molar-refractivity contribution in [3.8, 4) is 0 Å². The van der Waals surface area contributed by atoms with Gasteiger partial charge in [-0.15, -0.1) is 0 Å². The van der Waals surface area contributed by atoms with Crippen LogP contribution >= 0.6 is 0 Å². The summed E-state index contributed by atoms with van der Waals surface area (Å²) < 4.78 is 0.